The van der Waals surface area contributed by atoms with Crippen molar-refractivity contribution in [3.63, 3.8) is 0 Å². The Morgan fingerprint density at radius 1 is 1.07 bits per heavy atom. The van der Waals surface area contributed by atoms with Crippen molar-refractivity contribution in [2.24, 2.45) is 4.99 Å². The molecule has 10 nitrogen and oxygen atoms in total. The molecule has 0 saturated carbocycles. The number of fused-ring (bicyclic) bond motifs is 1. The van der Waals surface area contributed by atoms with Gasteiger partial charge >= 0.3 is 5.97 Å². The van der Waals surface area contributed by atoms with Gasteiger partial charge in [-0.3, -0.25) is 9.36 Å². The van der Waals surface area contributed by atoms with Gasteiger partial charge in [-0.2, -0.15) is 5.26 Å². The fraction of sp³-hybridized carbons (Fsp3) is 0.310. The lowest BCUT2D eigenvalue weighted by molar-refractivity contribution is -0.136. The maximum atomic E-state index is 13.9. The number of hydrogen-bond donors (Lipinski definition) is 0. The SMILES string of the molecule is CCOc1ccc([C@H]2C(C(=O)OC)=CN=c3s/c(=C\c4cc(I)c(OCC#N)c(OCC)c4)c(=O)n32)cc1OCC. The van der Waals surface area contributed by atoms with E-state index in [1.807, 2.05) is 32.9 Å². The van der Waals surface area contributed by atoms with Gasteiger partial charge in [-0.15, -0.1) is 0 Å². The molecule has 0 aliphatic carbocycles. The smallest absolute Gasteiger partial charge is 0.337 e. The highest BCUT2D eigenvalue weighted by atomic mass is 127. The molecular weight excluding hydrogens is 661 g/mol. The van der Waals surface area contributed by atoms with Crippen LogP contribution < -0.4 is 33.8 Å². The van der Waals surface area contributed by atoms with Crippen LogP contribution in [0.5, 0.6) is 23.0 Å². The van der Waals surface area contributed by atoms with Crippen molar-refractivity contribution in [3.8, 4) is 29.1 Å². The summed E-state index contributed by atoms with van der Waals surface area (Å²) in [4.78, 5) is 31.6. The van der Waals surface area contributed by atoms with Gasteiger partial charge in [0.25, 0.3) is 5.56 Å². The summed E-state index contributed by atoms with van der Waals surface area (Å²) in [5, 5.41) is 8.94. The van der Waals surface area contributed by atoms with Gasteiger partial charge < -0.3 is 23.7 Å². The fourth-order valence-electron chi connectivity index (χ4n) is 4.32. The molecule has 0 fully saturated rings. The topological polar surface area (TPSA) is 121 Å². The van der Waals surface area contributed by atoms with Crippen LogP contribution in [0.25, 0.3) is 6.08 Å². The lowest BCUT2D eigenvalue weighted by atomic mass is 9.97. The first-order valence-electron chi connectivity index (χ1n) is 12.8. The monoisotopic (exact) mass is 689 g/mol. The number of carbonyl (C=O) groups is 1. The first-order valence-corrected chi connectivity index (χ1v) is 14.7. The molecule has 0 spiro atoms. The number of nitrogens with zero attached hydrogens (tertiary/aromatic N) is 3. The summed E-state index contributed by atoms with van der Waals surface area (Å²) in [6, 6.07) is 10.1. The van der Waals surface area contributed by atoms with E-state index in [0.29, 0.717) is 63.3 Å². The molecule has 214 valence electrons. The molecule has 1 aliphatic heterocycles. The van der Waals surface area contributed by atoms with Crippen molar-refractivity contribution in [3.05, 3.63) is 76.5 Å². The molecule has 1 aromatic heterocycles. The van der Waals surface area contributed by atoms with Gasteiger partial charge in [0.15, 0.2) is 34.4 Å². The lowest BCUT2D eigenvalue weighted by Crippen LogP contribution is -2.39. The third-order valence-electron chi connectivity index (χ3n) is 5.92. The maximum Gasteiger partial charge on any atom is 0.337 e. The first-order chi connectivity index (χ1) is 19.9. The summed E-state index contributed by atoms with van der Waals surface area (Å²) in [5.41, 5.74) is 1.24. The minimum atomic E-state index is -0.795. The quantitative estimate of drug-likeness (QED) is 0.221. The van der Waals surface area contributed by atoms with Crippen molar-refractivity contribution in [2.75, 3.05) is 33.5 Å². The van der Waals surface area contributed by atoms with Crippen LogP contribution in [0.2, 0.25) is 0 Å². The standard InChI is InChI=1S/C29H28IN3O7S/c1-5-37-21-9-8-18(15-22(21)38-6-2)25-19(28(35)36-4)16-32-29-33(25)27(34)24(41-29)14-17-12-20(30)26(40-11-10-31)23(13-17)39-7-3/h8-9,12-16,25H,5-7,11H2,1-4H3/b24-14-/t25-/m0/s1. The van der Waals surface area contributed by atoms with Crippen molar-refractivity contribution >= 4 is 46.0 Å². The summed E-state index contributed by atoms with van der Waals surface area (Å²) in [6.07, 6.45) is 3.19. The Kier molecular flexibility index (Phi) is 10.1. The summed E-state index contributed by atoms with van der Waals surface area (Å²) >= 11 is 3.31. The number of methoxy groups -OCH3 is 1. The second kappa shape index (κ2) is 13.7. The summed E-state index contributed by atoms with van der Waals surface area (Å²) < 4.78 is 30.5. The number of benzene rings is 2. The Morgan fingerprint density at radius 3 is 2.46 bits per heavy atom. The van der Waals surface area contributed by atoms with Crippen LogP contribution in [0.3, 0.4) is 0 Å². The molecule has 3 aromatic rings. The second-order valence-corrected chi connectivity index (χ2v) is 10.6. The van der Waals surface area contributed by atoms with E-state index in [2.05, 4.69) is 27.6 Å². The number of halogens is 1. The number of aromatic nitrogens is 1. The van der Waals surface area contributed by atoms with Gasteiger partial charge in [-0.1, -0.05) is 17.4 Å². The van der Waals surface area contributed by atoms with Crippen LogP contribution in [0, 0.1) is 14.9 Å². The fourth-order valence-corrected chi connectivity index (χ4v) is 6.07. The Morgan fingerprint density at radius 2 is 1.78 bits per heavy atom. The molecule has 41 heavy (non-hydrogen) atoms. The normalized spacial score (nSPS) is 14.3. The highest BCUT2D eigenvalue weighted by Crippen LogP contribution is 2.36. The zero-order valence-electron chi connectivity index (χ0n) is 22.9. The van der Waals surface area contributed by atoms with E-state index >= 15 is 0 Å². The van der Waals surface area contributed by atoms with E-state index in [1.54, 1.807) is 30.3 Å². The number of hydrogen-bond acceptors (Lipinski definition) is 10. The molecule has 0 unspecified atom stereocenters. The molecule has 0 radical (unpaired) electrons. The largest absolute Gasteiger partial charge is 0.490 e. The molecule has 0 amide bonds. The Labute approximate surface area is 254 Å². The molecule has 0 N–H and O–H groups in total. The molecule has 0 saturated heterocycles. The Bertz CT molecular complexity index is 1700. The summed E-state index contributed by atoms with van der Waals surface area (Å²) in [6.45, 7) is 6.74. The molecule has 12 heteroatoms. The van der Waals surface area contributed by atoms with E-state index in [9.17, 15) is 9.59 Å². The van der Waals surface area contributed by atoms with Gasteiger partial charge in [0.1, 0.15) is 6.07 Å². The maximum absolute atomic E-state index is 13.9. The van der Waals surface area contributed by atoms with E-state index in [-0.39, 0.29) is 17.7 Å². The van der Waals surface area contributed by atoms with E-state index in [4.69, 9.17) is 28.9 Å². The van der Waals surface area contributed by atoms with Crippen LogP contribution in [0.1, 0.15) is 37.9 Å². The predicted molar refractivity (Wildman–Crippen MR) is 161 cm³/mol. The van der Waals surface area contributed by atoms with Crippen molar-refractivity contribution in [2.45, 2.75) is 26.8 Å². The molecule has 1 atom stereocenters. The highest BCUT2D eigenvalue weighted by Gasteiger charge is 2.31. The molecule has 4 rings (SSSR count). The Hall–Kier alpha value is -3.83. The highest BCUT2D eigenvalue weighted by molar-refractivity contribution is 14.1. The van der Waals surface area contributed by atoms with Gasteiger partial charge in [0.2, 0.25) is 0 Å². The van der Waals surface area contributed by atoms with E-state index in [0.717, 1.165) is 3.57 Å². The Balaban J connectivity index is 1.88. The third kappa shape index (κ3) is 6.41. The van der Waals surface area contributed by atoms with Crippen molar-refractivity contribution in [1.82, 2.24) is 4.57 Å². The van der Waals surface area contributed by atoms with E-state index < -0.39 is 12.0 Å². The van der Waals surface area contributed by atoms with Gasteiger partial charge in [-0.05, 0) is 84.8 Å². The van der Waals surface area contributed by atoms with Gasteiger partial charge in [0, 0.05) is 6.20 Å². The van der Waals surface area contributed by atoms with Crippen molar-refractivity contribution in [1.29, 1.82) is 5.26 Å². The minimum absolute atomic E-state index is 0.118. The zero-order valence-corrected chi connectivity index (χ0v) is 25.9. The number of rotatable bonds is 11. The molecule has 1 aliphatic rings. The van der Waals surface area contributed by atoms with Crippen LogP contribution in [0.15, 0.2) is 51.9 Å². The number of thiazole rings is 1. The van der Waals surface area contributed by atoms with Crippen LogP contribution in [-0.2, 0) is 9.53 Å². The van der Waals surface area contributed by atoms with Gasteiger partial charge in [-0.25, -0.2) is 9.79 Å². The zero-order chi connectivity index (χ0) is 29.5. The van der Waals surface area contributed by atoms with E-state index in [1.165, 1.54) is 29.2 Å². The minimum Gasteiger partial charge on any atom is -0.490 e. The first kappa shape index (κ1) is 30.1. The van der Waals surface area contributed by atoms with Crippen molar-refractivity contribution < 1.29 is 28.5 Å². The average Bonchev–Trinajstić information content (AvgIpc) is 3.27. The molecule has 2 heterocycles. The number of nitriles is 1. The average molecular weight is 690 g/mol. The summed E-state index contributed by atoms with van der Waals surface area (Å²) in [7, 11) is 1.29. The summed E-state index contributed by atoms with van der Waals surface area (Å²) in [5.74, 6) is 1.42. The van der Waals surface area contributed by atoms with Crippen LogP contribution in [0.4, 0.5) is 0 Å². The number of ether oxygens (including phenoxy) is 5. The van der Waals surface area contributed by atoms with Crippen LogP contribution in [-0.4, -0.2) is 44.1 Å². The predicted octanol–water partition coefficient (Wildman–Crippen LogP) is 3.72. The molecule has 0 bridgehead atoms. The molecule has 2 aromatic carbocycles. The lowest BCUT2D eigenvalue weighted by Gasteiger charge is -2.23. The number of carbonyl (C=O) groups excluding carboxylic acids is 1. The van der Waals surface area contributed by atoms with Crippen LogP contribution >= 0.6 is 33.9 Å². The molecular formula is C29H28IN3O7S. The number of esters is 1. The third-order valence-corrected chi connectivity index (χ3v) is 7.72. The van der Waals surface area contributed by atoms with Gasteiger partial charge in [0.05, 0.1) is 46.6 Å². The second-order valence-electron chi connectivity index (χ2n) is 8.46.